The third-order valence-electron chi connectivity index (χ3n) is 4.96. The van der Waals surface area contributed by atoms with Crippen molar-refractivity contribution in [2.75, 3.05) is 0 Å². The van der Waals surface area contributed by atoms with E-state index < -0.39 is 29.1 Å². The monoisotopic (exact) mass is 395 g/mol. The largest absolute Gasteiger partial charge is 0.351 e. The van der Waals surface area contributed by atoms with Gasteiger partial charge in [-0.2, -0.15) is 0 Å². The van der Waals surface area contributed by atoms with Crippen molar-refractivity contribution in [3.63, 3.8) is 0 Å². The van der Waals surface area contributed by atoms with Gasteiger partial charge in [-0.1, -0.05) is 19.9 Å². The number of rotatable bonds is 5. The third-order valence-corrected chi connectivity index (χ3v) is 4.96. The van der Waals surface area contributed by atoms with Gasteiger partial charge in [-0.3, -0.25) is 9.59 Å². The topological polar surface area (TPSA) is 70.2 Å². The highest BCUT2D eigenvalue weighted by Crippen LogP contribution is 2.28. The van der Waals surface area contributed by atoms with E-state index in [4.69, 9.17) is 0 Å². The zero-order chi connectivity index (χ0) is 21.3. The molecule has 1 atom stereocenters. The third kappa shape index (κ3) is 5.50. The second-order valence-corrected chi connectivity index (χ2v) is 9.30. The zero-order valence-electron chi connectivity index (χ0n) is 17.5. The Labute approximate surface area is 165 Å². The van der Waals surface area contributed by atoms with E-state index in [0.717, 1.165) is 25.0 Å². The number of halogens is 2. The summed E-state index contributed by atoms with van der Waals surface area (Å²) in [7, 11) is 0. The second kappa shape index (κ2) is 8.15. The Bertz CT molecular complexity index is 711. The molecule has 1 aliphatic heterocycles. The van der Waals surface area contributed by atoms with E-state index in [1.165, 1.54) is 6.07 Å². The number of piperidine rings is 1. The predicted molar refractivity (Wildman–Crippen MR) is 105 cm³/mol. The first kappa shape index (κ1) is 22.3. The van der Waals surface area contributed by atoms with Crippen LogP contribution in [-0.2, 0) is 4.79 Å². The second-order valence-electron chi connectivity index (χ2n) is 9.30. The molecule has 3 N–H and O–H groups in total. The number of carbonyl (C=O) groups excluding carboxylic acids is 2. The molecule has 28 heavy (non-hydrogen) atoms. The molecule has 1 heterocycles. The van der Waals surface area contributed by atoms with Crippen LogP contribution in [0.15, 0.2) is 18.2 Å². The number of nitrogens with one attached hydrogen (secondary N) is 3. The Morgan fingerprint density at radius 1 is 1.07 bits per heavy atom. The van der Waals surface area contributed by atoms with Crippen LogP contribution in [0.25, 0.3) is 0 Å². The van der Waals surface area contributed by atoms with Crippen LogP contribution >= 0.6 is 0 Å². The molecule has 1 aliphatic rings. The normalized spacial score (nSPS) is 19.9. The van der Waals surface area contributed by atoms with E-state index in [2.05, 4.69) is 43.6 Å². The Balaban J connectivity index is 2.13. The molecule has 0 radical (unpaired) electrons. The molecule has 5 nitrogen and oxygen atoms in total. The fourth-order valence-corrected chi connectivity index (χ4v) is 4.18. The molecule has 0 unspecified atom stereocenters. The summed E-state index contributed by atoms with van der Waals surface area (Å²) in [4.78, 5) is 25.3. The lowest BCUT2D eigenvalue weighted by Crippen LogP contribution is -2.63. The van der Waals surface area contributed by atoms with Crippen molar-refractivity contribution in [2.24, 2.45) is 5.92 Å². The molecule has 2 rings (SSSR count). The highest BCUT2D eigenvalue weighted by molar-refractivity contribution is 5.98. The summed E-state index contributed by atoms with van der Waals surface area (Å²) in [5, 5.41) is 9.06. The lowest BCUT2D eigenvalue weighted by atomic mass is 9.79. The van der Waals surface area contributed by atoms with E-state index in [1.807, 2.05) is 0 Å². The number of hydrogen-bond donors (Lipinski definition) is 3. The summed E-state index contributed by atoms with van der Waals surface area (Å²) < 4.78 is 27.8. The maximum atomic E-state index is 13.9. The first-order valence-corrected chi connectivity index (χ1v) is 9.66. The van der Waals surface area contributed by atoms with Crippen molar-refractivity contribution >= 4 is 11.8 Å². The van der Waals surface area contributed by atoms with Crippen LogP contribution in [0.5, 0.6) is 0 Å². The summed E-state index contributed by atoms with van der Waals surface area (Å²) >= 11 is 0. The molecule has 1 saturated heterocycles. The molecular formula is C21H31F2N3O2. The summed E-state index contributed by atoms with van der Waals surface area (Å²) in [5.41, 5.74) is -0.968. The van der Waals surface area contributed by atoms with Crippen LogP contribution in [-0.4, -0.2) is 35.0 Å². The van der Waals surface area contributed by atoms with Crippen LogP contribution < -0.4 is 16.0 Å². The van der Waals surface area contributed by atoms with E-state index >= 15 is 0 Å². The van der Waals surface area contributed by atoms with Gasteiger partial charge in [0.15, 0.2) is 0 Å². The minimum atomic E-state index is -0.956. The van der Waals surface area contributed by atoms with E-state index in [0.29, 0.717) is 0 Å². The van der Waals surface area contributed by atoms with Gasteiger partial charge in [-0.25, -0.2) is 8.78 Å². The molecular weight excluding hydrogens is 364 g/mol. The minimum Gasteiger partial charge on any atom is -0.351 e. The Kier molecular flexibility index (Phi) is 6.48. The van der Waals surface area contributed by atoms with Gasteiger partial charge in [-0.15, -0.1) is 0 Å². The van der Waals surface area contributed by atoms with Gasteiger partial charge in [0, 0.05) is 17.1 Å². The predicted octanol–water partition coefficient (Wildman–Crippen LogP) is 3.14. The average Bonchev–Trinajstić information content (AvgIpc) is 2.48. The van der Waals surface area contributed by atoms with Gasteiger partial charge in [-0.05, 0) is 58.6 Å². The van der Waals surface area contributed by atoms with Crippen LogP contribution in [0.3, 0.4) is 0 Å². The standard InChI is InChI=1S/C21H31F2N3O2/c1-12(2)17(25-18(27)16-14(22)8-7-9-15(16)23)19(28)24-13-10-20(3,4)26-21(5,6)11-13/h7-9,12-13,17,26H,10-11H2,1-6H3,(H,24,28)(H,25,27)/t17-/m0/s1. The summed E-state index contributed by atoms with van der Waals surface area (Å²) in [6.07, 6.45) is 1.48. The van der Waals surface area contributed by atoms with Gasteiger partial charge in [0.05, 0.1) is 0 Å². The molecule has 1 aromatic carbocycles. The lowest BCUT2D eigenvalue weighted by molar-refractivity contribution is -0.125. The number of hydrogen-bond acceptors (Lipinski definition) is 3. The first-order valence-electron chi connectivity index (χ1n) is 9.66. The highest BCUT2D eigenvalue weighted by Gasteiger charge is 2.39. The quantitative estimate of drug-likeness (QED) is 0.717. The maximum Gasteiger partial charge on any atom is 0.257 e. The van der Waals surface area contributed by atoms with Crippen LogP contribution in [0.4, 0.5) is 8.78 Å². The van der Waals surface area contributed by atoms with Gasteiger partial charge < -0.3 is 16.0 Å². The molecule has 1 aromatic rings. The zero-order valence-corrected chi connectivity index (χ0v) is 17.5. The molecule has 156 valence electrons. The summed E-state index contributed by atoms with van der Waals surface area (Å²) in [6.45, 7) is 11.9. The first-order chi connectivity index (χ1) is 12.8. The van der Waals surface area contributed by atoms with Gasteiger partial charge in [0.25, 0.3) is 5.91 Å². The fraction of sp³-hybridized carbons (Fsp3) is 0.619. The van der Waals surface area contributed by atoms with Crippen molar-refractivity contribution in [3.8, 4) is 0 Å². The molecule has 2 amide bonds. The van der Waals surface area contributed by atoms with Crippen molar-refractivity contribution in [3.05, 3.63) is 35.4 Å². The molecule has 0 aromatic heterocycles. The van der Waals surface area contributed by atoms with Crippen LogP contribution in [0.2, 0.25) is 0 Å². The van der Waals surface area contributed by atoms with Crippen molar-refractivity contribution in [1.29, 1.82) is 0 Å². The Morgan fingerprint density at radius 3 is 2.04 bits per heavy atom. The molecule has 0 aliphatic carbocycles. The number of amides is 2. The lowest BCUT2D eigenvalue weighted by Gasteiger charge is -2.47. The van der Waals surface area contributed by atoms with Crippen molar-refractivity contribution in [2.45, 2.75) is 77.5 Å². The average molecular weight is 395 g/mol. The fourth-order valence-electron chi connectivity index (χ4n) is 4.18. The molecule has 1 fully saturated rings. The van der Waals surface area contributed by atoms with Crippen LogP contribution in [0.1, 0.15) is 64.7 Å². The highest BCUT2D eigenvalue weighted by atomic mass is 19.1. The molecule has 7 heteroatoms. The van der Waals surface area contributed by atoms with Gasteiger partial charge in [0.2, 0.25) is 5.91 Å². The summed E-state index contributed by atoms with van der Waals surface area (Å²) in [5.74, 6) is -3.44. The number of benzene rings is 1. The number of carbonyl (C=O) groups is 2. The maximum absolute atomic E-state index is 13.9. The van der Waals surface area contributed by atoms with E-state index in [1.54, 1.807) is 13.8 Å². The molecule has 0 saturated carbocycles. The van der Waals surface area contributed by atoms with E-state index in [9.17, 15) is 18.4 Å². The molecule has 0 spiro atoms. The van der Waals surface area contributed by atoms with Gasteiger partial charge in [0.1, 0.15) is 23.2 Å². The Hall–Kier alpha value is -2.02. The minimum absolute atomic E-state index is 0.0675. The SMILES string of the molecule is CC(C)[C@H](NC(=O)c1c(F)cccc1F)C(=O)NC1CC(C)(C)NC(C)(C)C1. The Morgan fingerprint density at radius 2 is 1.57 bits per heavy atom. The molecule has 0 bridgehead atoms. The smallest absolute Gasteiger partial charge is 0.257 e. The van der Waals surface area contributed by atoms with Crippen LogP contribution in [0, 0.1) is 17.6 Å². The van der Waals surface area contributed by atoms with Gasteiger partial charge >= 0.3 is 0 Å². The van der Waals surface area contributed by atoms with Crippen molar-refractivity contribution < 1.29 is 18.4 Å². The van der Waals surface area contributed by atoms with Crippen molar-refractivity contribution in [1.82, 2.24) is 16.0 Å². The van der Waals surface area contributed by atoms with E-state index in [-0.39, 0.29) is 28.9 Å². The summed E-state index contributed by atoms with van der Waals surface area (Å²) in [6, 6.07) is 2.26.